The minimum atomic E-state index is 0.425. The topological polar surface area (TPSA) is 75.2 Å². The SMILES string of the molecule is COCCCOCCn1cc(CN)nn1. The standard InChI is InChI=1S/C9H18N4O2/c1-14-4-2-5-15-6-3-13-8-9(7-10)11-12-13/h8H,2-7,10H2,1H3. The fraction of sp³-hybridized carbons (Fsp3) is 0.778. The second kappa shape index (κ2) is 7.33. The van der Waals surface area contributed by atoms with Crippen LogP contribution >= 0.6 is 0 Å². The first-order valence-corrected chi connectivity index (χ1v) is 5.02. The summed E-state index contributed by atoms with van der Waals surface area (Å²) in [6.45, 7) is 3.22. The molecule has 1 rings (SSSR count). The van der Waals surface area contributed by atoms with Crippen LogP contribution in [0.5, 0.6) is 0 Å². The van der Waals surface area contributed by atoms with E-state index in [1.54, 1.807) is 11.8 Å². The highest BCUT2D eigenvalue weighted by Crippen LogP contribution is 1.91. The number of ether oxygens (including phenoxy) is 2. The number of nitrogens with zero attached hydrogens (tertiary/aromatic N) is 3. The molecule has 0 saturated carbocycles. The lowest BCUT2D eigenvalue weighted by atomic mass is 10.5. The second-order valence-electron chi connectivity index (χ2n) is 3.14. The Morgan fingerprint density at radius 2 is 2.27 bits per heavy atom. The van der Waals surface area contributed by atoms with Gasteiger partial charge in [0, 0.05) is 33.1 Å². The fourth-order valence-corrected chi connectivity index (χ4v) is 1.11. The Morgan fingerprint density at radius 3 is 2.93 bits per heavy atom. The van der Waals surface area contributed by atoms with Crippen molar-refractivity contribution in [1.29, 1.82) is 0 Å². The zero-order valence-corrected chi connectivity index (χ0v) is 9.06. The molecule has 86 valence electrons. The van der Waals surface area contributed by atoms with Gasteiger partial charge in [0.25, 0.3) is 0 Å². The smallest absolute Gasteiger partial charge is 0.0962 e. The van der Waals surface area contributed by atoms with E-state index in [2.05, 4.69) is 10.3 Å². The lowest BCUT2D eigenvalue weighted by Gasteiger charge is -2.03. The normalized spacial score (nSPS) is 10.8. The van der Waals surface area contributed by atoms with Crippen LogP contribution in [-0.2, 0) is 22.6 Å². The molecule has 0 saturated heterocycles. The number of nitrogens with two attached hydrogens (primary N) is 1. The van der Waals surface area contributed by atoms with Crippen LogP contribution in [0.3, 0.4) is 0 Å². The van der Waals surface area contributed by atoms with E-state index in [0.29, 0.717) is 26.3 Å². The van der Waals surface area contributed by atoms with Crippen molar-refractivity contribution in [2.24, 2.45) is 5.73 Å². The molecule has 0 atom stereocenters. The van der Waals surface area contributed by atoms with Crippen LogP contribution in [0.1, 0.15) is 12.1 Å². The van der Waals surface area contributed by atoms with E-state index in [1.807, 2.05) is 6.20 Å². The van der Waals surface area contributed by atoms with Gasteiger partial charge in [0.2, 0.25) is 0 Å². The second-order valence-corrected chi connectivity index (χ2v) is 3.14. The Morgan fingerprint density at radius 1 is 1.40 bits per heavy atom. The predicted octanol–water partition coefficient (Wildman–Crippen LogP) is -0.210. The molecule has 0 fully saturated rings. The Bertz CT molecular complexity index is 264. The summed E-state index contributed by atoms with van der Waals surface area (Å²) >= 11 is 0. The van der Waals surface area contributed by atoms with E-state index in [9.17, 15) is 0 Å². The van der Waals surface area contributed by atoms with Crippen molar-refractivity contribution >= 4 is 0 Å². The Balaban J connectivity index is 2.04. The van der Waals surface area contributed by atoms with Crippen molar-refractivity contribution in [3.8, 4) is 0 Å². The van der Waals surface area contributed by atoms with Crippen LogP contribution in [0.2, 0.25) is 0 Å². The molecular formula is C9H18N4O2. The van der Waals surface area contributed by atoms with Gasteiger partial charge in [-0.05, 0) is 6.42 Å². The first-order chi connectivity index (χ1) is 7.36. The van der Waals surface area contributed by atoms with E-state index in [1.165, 1.54) is 0 Å². The molecule has 0 bridgehead atoms. The quantitative estimate of drug-likeness (QED) is 0.606. The fourth-order valence-electron chi connectivity index (χ4n) is 1.11. The highest BCUT2D eigenvalue weighted by molar-refractivity contribution is 4.90. The highest BCUT2D eigenvalue weighted by Gasteiger charge is 1.97. The average Bonchev–Trinajstić information content (AvgIpc) is 2.71. The summed E-state index contributed by atoms with van der Waals surface area (Å²) in [7, 11) is 1.68. The molecule has 0 amide bonds. The lowest BCUT2D eigenvalue weighted by Crippen LogP contribution is -2.08. The summed E-state index contributed by atoms with van der Waals surface area (Å²) in [5, 5.41) is 7.78. The van der Waals surface area contributed by atoms with Gasteiger partial charge in [-0.2, -0.15) is 0 Å². The number of methoxy groups -OCH3 is 1. The van der Waals surface area contributed by atoms with Crippen LogP contribution < -0.4 is 5.73 Å². The van der Waals surface area contributed by atoms with Crippen LogP contribution in [-0.4, -0.2) is 41.9 Å². The van der Waals surface area contributed by atoms with Crippen LogP contribution in [0.25, 0.3) is 0 Å². The summed E-state index contributed by atoms with van der Waals surface area (Å²) in [6, 6.07) is 0. The van der Waals surface area contributed by atoms with Gasteiger partial charge in [0.05, 0.1) is 18.8 Å². The molecule has 15 heavy (non-hydrogen) atoms. The molecule has 1 aromatic rings. The zero-order chi connectivity index (χ0) is 10.9. The minimum Gasteiger partial charge on any atom is -0.385 e. The van der Waals surface area contributed by atoms with E-state index in [0.717, 1.165) is 18.7 Å². The van der Waals surface area contributed by atoms with Crippen molar-refractivity contribution in [2.75, 3.05) is 26.9 Å². The molecule has 1 heterocycles. The number of rotatable bonds is 8. The molecule has 0 aromatic carbocycles. The van der Waals surface area contributed by atoms with E-state index < -0.39 is 0 Å². The van der Waals surface area contributed by atoms with Crippen molar-refractivity contribution in [1.82, 2.24) is 15.0 Å². The highest BCUT2D eigenvalue weighted by atomic mass is 16.5. The van der Waals surface area contributed by atoms with Gasteiger partial charge in [0.15, 0.2) is 0 Å². The van der Waals surface area contributed by atoms with Crippen LogP contribution in [0.15, 0.2) is 6.20 Å². The van der Waals surface area contributed by atoms with Crippen LogP contribution in [0, 0.1) is 0 Å². The molecular weight excluding hydrogens is 196 g/mol. The predicted molar refractivity (Wildman–Crippen MR) is 55.2 cm³/mol. The Kier molecular flexibility index (Phi) is 5.91. The van der Waals surface area contributed by atoms with Gasteiger partial charge in [0.1, 0.15) is 0 Å². The van der Waals surface area contributed by atoms with Crippen molar-refractivity contribution < 1.29 is 9.47 Å². The van der Waals surface area contributed by atoms with Crippen molar-refractivity contribution in [3.63, 3.8) is 0 Å². The third-order valence-electron chi connectivity index (χ3n) is 1.90. The van der Waals surface area contributed by atoms with E-state index in [4.69, 9.17) is 15.2 Å². The lowest BCUT2D eigenvalue weighted by molar-refractivity contribution is 0.0958. The van der Waals surface area contributed by atoms with Gasteiger partial charge in [-0.1, -0.05) is 5.21 Å². The Labute approximate surface area is 89.3 Å². The number of aromatic nitrogens is 3. The number of hydrogen-bond donors (Lipinski definition) is 1. The Hall–Kier alpha value is -0.980. The zero-order valence-electron chi connectivity index (χ0n) is 9.06. The molecule has 0 unspecified atom stereocenters. The first-order valence-electron chi connectivity index (χ1n) is 5.02. The summed E-state index contributed by atoms with van der Waals surface area (Å²) in [4.78, 5) is 0. The molecule has 0 aliphatic carbocycles. The summed E-state index contributed by atoms with van der Waals surface area (Å²) in [5.41, 5.74) is 6.21. The maximum Gasteiger partial charge on any atom is 0.0962 e. The molecule has 0 radical (unpaired) electrons. The van der Waals surface area contributed by atoms with Gasteiger partial charge < -0.3 is 15.2 Å². The molecule has 2 N–H and O–H groups in total. The third kappa shape index (κ3) is 4.87. The largest absolute Gasteiger partial charge is 0.385 e. The molecule has 0 aliphatic rings. The van der Waals surface area contributed by atoms with Gasteiger partial charge in [-0.25, -0.2) is 4.68 Å². The van der Waals surface area contributed by atoms with Gasteiger partial charge in [-0.3, -0.25) is 0 Å². The van der Waals surface area contributed by atoms with Crippen LogP contribution in [0.4, 0.5) is 0 Å². The maximum atomic E-state index is 5.41. The summed E-state index contributed by atoms with van der Waals surface area (Å²) in [5.74, 6) is 0. The third-order valence-corrected chi connectivity index (χ3v) is 1.90. The summed E-state index contributed by atoms with van der Waals surface area (Å²) in [6.07, 6.45) is 2.75. The van der Waals surface area contributed by atoms with Gasteiger partial charge >= 0.3 is 0 Å². The van der Waals surface area contributed by atoms with Crippen molar-refractivity contribution in [2.45, 2.75) is 19.5 Å². The van der Waals surface area contributed by atoms with Crippen molar-refractivity contribution in [3.05, 3.63) is 11.9 Å². The molecule has 6 heteroatoms. The molecule has 0 aliphatic heterocycles. The molecule has 1 aromatic heterocycles. The minimum absolute atomic E-state index is 0.425. The molecule has 0 spiro atoms. The maximum absolute atomic E-state index is 5.41. The van der Waals surface area contributed by atoms with E-state index >= 15 is 0 Å². The first kappa shape index (κ1) is 12.1. The average molecular weight is 214 g/mol. The summed E-state index contributed by atoms with van der Waals surface area (Å²) < 4.78 is 12.0. The monoisotopic (exact) mass is 214 g/mol. The van der Waals surface area contributed by atoms with Gasteiger partial charge in [-0.15, -0.1) is 5.10 Å². The number of hydrogen-bond acceptors (Lipinski definition) is 5. The molecule has 6 nitrogen and oxygen atoms in total. The van der Waals surface area contributed by atoms with E-state index in [-0.39, 0.29) is 0 Å².